The number of nitrogens with zero attached hydrogens (tertiary/aromatic N) is 1. The van der Waals surface area contributed by atoms with Crippen molar-refractivity contribution >= 4 is 17.7 Å². The fraction of sp³-hybridized carbons (Fsp3) is 0.0769. The lowest BCUT2D eigenvalue weighted by Gasteiger charge is -2.07. The summed E-state index contributed by atoms with van der Waals surface area (Å²) in [6, 6.07) is 9.07. The van der Waals surface area contributed by atoms with Crippen molar-refractivity contribution in [1.82, 2.24) is 4.98 Å². The van der Waals surface area contributed by atoms with Gasteiger partial charge in [0.15, 0.2) is 0 Å². The van der Waals surface area contributed by atoms with Gasteiger partial charge in [0.05, 0.1) is 5.56 Å². The van der Waals surface area contributed by atoms with Crippen molar-refractivity contribution in [3.63, 3.8) is 0 Å². The van der Waals surface area contributed by atoms with Crippen LogP contribution in [0.3, 0.4) is 0 Å². The van der Waals surface area contributed by atoms with Gasteiger partial charge in [-0.15, -0.1) is 11.8 Å². The van der Waals surface area contributed by atoms with E-state index in [9.17, 15) is 9.90 Å². The van der Waals surface area contributed by atoms with Crippen LogP contribution in [0.5, 0.6) is 0 Å². The number of benzene rings is 1. The van der Waals surface area contributed by atoms with E-state index in [1.165, 1.54) is 11.8 Å². The maximum Gasteiger partial charge on any atom is 0.336 e. The number of carboxylic acids is 1. The maximum absolute atomic E-state index is 11.2. The van der Waals surface area contributed by atoms with Gasteiger partial charge >= 0.3 is 5.97 Å². The van der Waals surface area contributed by atoms with Gasteiger partial charge in [-0.3, -0.25) is 4.98 Å². The lowest BCUT2D eigenvalue weighted by Crippen LogP contribution is -1.99. The monoisotopic (exact) mass is 245 g/mol. The number of rotatable bonds is 3. The lowest BCUT2D eigenvalue weighted by atomic mass is 10.0. The molecule has 0 aliphatic carbocycles. The number of thioether (sulfide) groups is 1. The molecule has 0 aliphatic rings. The fourth-order valence-electron chi connectivity index (χ4n) is 1.61. The second kappa shape index (κ2) is 5.01. The molecule has 2 aromatic rings. The molecule has 3 nitrogen and oxygen atoms in total. The SMILES string of the molecule is CSc1ccc(-c2ccncc2)c(C(=O)O)c1. The molecule has 0 unspecified atom stereocenters. The Balaban J connectivity index is 2.58. The third-order valence-electron chi connectivity index (χ3n) is 2.45. The molecule has 1 aromatic heterocycles. The van der Waals surface area contributed by atoms with Gasteiger partial charge in [0.2, 0.25) is 0 Å². The largest absolute Gasteiger partial charge is 0.478 e. The Morgan fingerprint density at radius 2 is 1.94 bits per heavy atom. The molecule has 1 heterocycles. The molecule has 1 aromatic carbocycles. The van der Waals surface area contributed by atoms with Crippen molar-refractivity contribution in [2.75, 3.05) is 6.26 Å². The summed E-state index contributed by atoms with van der Waals surface area (Å²) in [7, 11) is 0. The zero-order valence-electron chi connectivity index (χ0n) is 9.25. The Morgan fingerprint density at radius 3 is 2.53 bits per heavy atom. The number of hydrogen-bond donors (Lipinski definition) is 1. The van der Waals surface area contributed by atoms with Gasteiger partial charge in [-0.1, -0.05) is 6.07 Å². The molecule has 0 bridgehead atoms. The highest BCUT2D eigenvalue weighted by Gasteiger charge is 2.12. The van der Waals surface area contributed by atoms with Crippen molar-refractivity contribution in [1.29, 1.82) is 0 Å². The molecule has 0 saturated heterocycles. The molecule has 4 heteroatoms. The zero-order chi connectivity index (χ0) is 12.3. The topological polar surface area (TPSA) is 50.2 Å². The summed E-state index contributed by atoms with van der Waals surface area (Å²) in [5.74, 6) is -0.910. The lowest BCUT2D eigenvalue weighted by molar-refractivity contribution is 0.0697. The number of carboxylic acid groups (broad SMARTS) is 1. The van der Waals surface area contributed by atoms with Crippen LogP contribution >= 0.6 is 11.8 Å². The van der Waals surface area contributed by atoms with Gasteiger partial charge in [0.1, 0.15) is 0 Å². The summed E-state index contributed by atoms with van der Waals surface area (Å²) in [5, 5.41) is 9.22. The Morgan fingerprint density at radius 1 is 1.24 bits per heavy atom. The molecule has 1 N–H and O–H groups in total. The minimum Gasteiger partial charge on any atom is -0.478 e. The predicted molar refractivity (Wildman–Crippen MR) is 68.4 cm³/mol. The Kier molecular flexibility index (Phi) is 3.44. The van der Waals surface area contributed by atoms with Crippen LogP contribution in [0.2, 0.25) is 0 Å². The average molecular weight is 245 g/mol. The van der Waals surface area contributed by atoms with Crippen LogP contribution in [0.1, 0.15) is 10.4 Å². The van der Waals surface area contributed by atoms with Gasteiger partial charge in [-0.05, 0) is 41.6 Å². The van der Waals surface area contributed by atoms with E-state index in [4.69, 9.17) is 0 Å². The molecule has 0 spiro atoms. The maximum atomic E-state index is 11.2. The molecule has 0 saturated carbocycles. The van der Waals surface area contributed by atoms with Gasteiger partial charge in [-0.2, -0.15) is 0 Å². The van der Waals surface area contributed by atoms with Crippen molar-refractivity contribution < 1.29 is 9.90 Å². The van der Waals surface area contributed by atoms with Crippen LogP contribution in [-0.2, 0) is 0 Å². The first-order chi connectivity index (χ1) is 8.22. The number of carbonyl (C=O) groups is 1. The Hall–Kier alpha value is -1.81. The summed E-state index contributed by atoms with van der Waals surface area (Å²) >= 11 is 1.53. The third kappa shape index (κ3) is 2.47. The number of hydrogen-bond acceptors (Lipinski definition) is 3. The van der Waals surface area contributed by atoms with E-state index in [0.717, 1.165) is 16.0 Å². The van der Waals surface area contributed by atoms with Crippen molar-refractivity contribution in [2.45, 2.75) is 4.90 Å². The molecule has 0 atom stereocenters. The van der Waals surface area contributed by atoms with Gasteiger partial charge in [0.25, 0.3) is 0 Å². The van der Waals surface area contributed by atoms with Gasteiger partial charge < -0.3 is 5.11 Å². The van der Waals surface area contributed by atoms with E-state index in [0.29, 0.717) is 5.56 Å². The van der Waals surface area contributed by atoms with Crippen LogP contribution in [-0.4, -0.2) is 22.3 Å². The number of aromatic nitrogens is 1. The zero-order valence-corrected chi connectivity index (χ0v) is 10.1. The molecule has 17 heavy (non-hydrogen) atoms. The highest BCUT2D eigenvalue weighted by molar-refractivity contribution is 7.98. The van der Waals surface area contributed by atoms with Crippen molar-refractivity contribution in [3.05, 3.63) is 48.3 Å². The molecular weight excluding hydrogens is 234 g/mol. The highest BCUT2D eigenvalue weighted by Crippen LogP contribution is 2.27. The molecule has 0 amide bonds. The molecule has 0 radical (unpaired) electrons. The Labute approximate surface area is 104 Å². The first kappa shape index (κ1) is 11.7. The summed E-state index contributed by atoms with van der Waals surface area (Å²) in [6.07, 6.45) is 5.24. The van der Waals surface area contributed by atoms with E-state index in [2.05, 4.69) is 4.98 Å². The quantitative estimate of drug-likeness (QED) is 0.844. The van der Waals surface area contributed by atoms with Crippen molar-refractivity contribution in [3.8, 4) is 11.1 Å². The second-order valence-corrected chi connectivity index (χ2v) is 4.33. The summed E-state index contributed by atoms with van der Waals surface area (Å²) in [5.41, 5.74) is 1.91. The van der Waals surface area contributed by atoms with E-state index in [1.54, 1.807) is 30.6 Å². The number of aromatic carboxylic acids is 1. The smallest absolute Gasteiger partial charge is 0.336 e. The summed E-state index contributed by atoms with van der Waals surface area (Å²) < 4.78 is 0. The normalized spacial score (nSPS) is 10.2. The van der Waals surface area contributed by atoms with E-state index in [1.807, 2.05) is 18.4 Å². The molecule has 0 aliphatic heterocycles. The molecular formula is C13H11NO2S. The van der Waals surface area contributed by atoms with Crippen LogP contribution < -0.4 is 0 Å². The standard InChI is InChI=1S/C13H11NO2S/c1-17-10-2-3-11(12(8-10)13(15)16)9-4-6-14-7-5-9/h2-8H,1H3,(H,15,16). The molecule has 86 valence electrons. The van der Waals surface area contributed by atoms with Crippen LogP contribution in [0.15, 0.2) is 47.6 Å². The minimum absolute atomic E-state index is 0.322. The average Bonchev–Trinajstić information content (AvgIpc) is 2.39. The van der Waals surface area contributed by atoms with Crippen LogP contribution in [0, 0.1) is 0 Å². The second-order valence-electron chi connectivity index (χ2n) is 3.45. The molecule has 2 rings (SSSR count). The van der Waals surface area contributed by atoms with Gasteiger partial charge in [0, 0.05) is 17.3 Å². The van der Waals surface area contributed by atoms with Crippen molar-refractivity contribution in [2.24, 2.45) is 0 Å². The minimum atomic E-state index is -0.910. The van der Waals surface area contributed by atoms with E-state index < -0.39 is 5.97 Å². The third-order valence-corrected chi connectivity index (χ3v) is 3.17. The molecule has 0 fully saturated rings. The summed E-state index contributed by atoms with van der Waals surface area (Å²) in [6.45, 7) is 0. The van der Waals surface area contributed by atoms with E-state index in [-0.39, 0.29) is 0 Å². The first-order valence-corrected chi connectivity index (χ1v) is 6.26. The van der Waals surface area contributed by atoms with E-state index >= 15 is 0 Å². The van der Waals surface area contributed by atoms with Crippen LogP contribution in [0.25, 0.3) is 11.1 Å². The van der Waals surface area contributed by atoms with Gasteiger partial charge in [-0.25, -0.2) is 4.79 Å². The predicted octanol–water partition coefficient (Wildman–Crippen LogP) is 3.17. The highest BCUT2D eigenvalue weighted by atomic mass is 32.2. The Bertz CT molecular complexity index is 540. The summed E-state index contributed by atoms with van der Waals surface area (Å²) in [4.78, 5) is 16.1. The van der Waals surface area contributed by atoms with Crippen LogP contribution in [0.4, 0.5) is 0 Å². The fourth-order valence-corrected chi connectivity index (χ4v) is 2.05. The first-order valence-electron chi connectivity index (χ1n) is 5.04. The number of pyridine rings is 1.